The van der Waals surface area contributed by atoms with Crippen molar-refractivity contribution in [2.45, 2.75) is 30.8 Å². The molecular formula is C45H36N2O6. The van der Waals surface area contributed by atoms with Crippen molar-refractivity contribution < 1.29 is 28.7 Å². The van der Waals surface area contributed by atoms with Gasteiger partial charge in [-0.05, 0) is 84.5 Å². The Hall–Kier alpha value is -6.12. The van der Waals surface area contributed by atoms with Crippen LogP contribution in [0.4, 0.5) is 17.1 Å². The first-order chi connectivity index (χ1) is 25.9. The van der Waals surface area contributed by atoms with E-state index in [0.717, 1.165) is 16.9 Å². The van der Waals surface area contributed by atoms with Gasteiger partial charge in [-0.1, -0.05) is 90.5 Å². The van der Waals surface area contributed by atoms with Crippen LogP contribution in [0.25, 0.3) is 5.57 Å². The minimum Gasteiger partial charge on any atom is -0.463 e. The second-order valence-electron chi connectivity index (χ2n) is 14.3. The van der Waals surface area contributed by atoms with Crippen LogP contribution in [-0.4, -0.2) is 28.5 Å². The van der Waals surface area contributed by atoms with Crippen molar-refractivity contribution in [2.24, 2.45) is 23.7 Å². The maximum absolute atomic E-state index is 15.1. The van der Waals surface area contributed by atoms with Gasteiger partial charge >= 0.3 is 0 Å². The molecule has 262 valence electrons. The van der Waals surface area contributed by atoms with E-state index in [2.05, 4.69) is 5.32 Å². The molecule has 8 heteroatoms. The smallest absolute Gasteiger partial charge is 0.238 e. The van der Waals surface area contributed by atoms with Gasteiger partial charge in [-0.25, -0.2) is 0 Å². The van der Waals surface area contributed by atoms with E-state index >= 15 is 9.59 Å². The van der Waals surface area contributed by atoms with Crippen LogP contribution in [-0.2, 0) is 31.2 Å². The molecule has 2 amide bonds. The molecule has 2 fully saturated rings. The molecule has 1 saturated carbocycles. The number of imide groups is 1. The molecule has 6 unspecified atom stereocenters. The van der Waals surface area contributed by atoms with E-state index in [1.54, 1.807) is 24.3 Å². The third kappa shape index (κ3) is 5.08. The Labute approximate surface area is 306 Å². The van der Waals surface area contributed by atoms with Gasteiger partial charge in [0.1, 0.15) is 18.1 Å². The summed E-state index contributed by atoms with van der Waals surface area (Å²) >= 11 is 0. The molecule has 5 aromatic rings. The molecule has 53 heavy (non-hydrogen) atoms. The first-order valence-electron chi connectivity index (χ1n) is 18.0. The Morgan fingerprint density at radius 3 is 2.08 bits per heavy atom. The molecule has 2 heterocycles. The van der Waals surface area contributed by atoms with Gasteiger partial charge in [-0.15, -0.1) is 0 Å². The predicted molar refractivity (Wildman–Crippen MR) is 200 cm³/mol. The van der Waals surface area contributed by atoms with E-state index in [1.807, 2.05) is 109 Å². The van der Waals surface area contributed by atoms with Crippen molar-refractivity contribution in [3.05, 3.63) is 168 Å². The highest BCUT2D eigenvalue weighted by Gasteiger charge is 2.66. The fourth-order valence-corrected chi connectivity index (χ4v) is 9.45. The van der Waals surface area contributed by atoms with E-state index in [-0.39, 0.29) is 36.4 Å². The van der Waals surface area contributed by atoms with Crippen LogP contribution in [0.5, 0.6) is 0 Å². The summed E-state index contributed by atoms with van der Waals surface area (Å²) in [7, 11) is 0. The highest BCUT2D eigenvalue weighted by atomic mass is 16.4. The van der Waals surface area contributed by atoms with Gasteiger partial charge in [-0.3, -0.25) is 24.1 Å². The Morgan fingerprint density at radius 1 is 0.736 bits per heavy atom. The minimum absolute atomic E-state index is 0.185. The predicted octanol–water partition coefficient (Wildman–Crippen LogP) is 7.54. The van der Waals surface area contributed by atoms with Crippen LogP contribution in [0.1, 0.15) is 41.4 Å². The summed E-state index contributed by atoms with van der Waals surface area (Å²) in [6.45, 7) is -0.339. The zero-order chi connectivity index (χ0) is 36.3. The van der Waals surface area contributed by atoms with Crippen molar-refractivity contribution in [3.63, 3.8) is 0 Å². The number of benzene rings is 4. The van der Waals surface area contributed by atoms with Crippen molar-refractivity contribution in [3.8, 4) is 0 Å². The molecule has 3 aliphatic carbocycles. The number of hydrogen-bond acceptors (Lipinski definition) is 7. The van der Waals surface area contributed by atoms with Gasteiger partial charge in [0.15, 0.2) is 11.6 Å². The normalized spacial score (nSPS) is 26.4. The zero-order valence-electron chi connectivity index (χ0n) is 28.7. The highest BCUT2D eigenvalue weighted by Crippen LogP contribution is 2.63. The number of allylic oxidation sites excluding steroid dienone is 4. The Morgan fingerprint density at radius 2 is 1.40 bits per heavy atom. The summed E-state index contributed by atoms with van der Waals surface area (Å²) in [5.74, 6) is -3.73. The number of ketones is 2. The summed E-state index contributed by atoms with van der Waals surface area (Å²) in [5.41, 5.74) is 3.31. The molecule has 4 aliphatic rings. The summed E-state index contributed by atoms with van der Waals surface area (Å²) in [6, 6.07) is 39.0. The summed E-state index contributed by atoms with van der Waals surface area (Å²) in [4.78, 5) is 60.2. The summed E-state index contributed by atoms with van der Waals surface area (Å²) in [5, 5.41) is 13.4. The number of aliphatic hydroxyl groups excluding tert-OH is 1. The molecule has 2 N–H and O–H groups in total. The van der Waals surface area contributed by atoms with Gasteiger partial charge < -0.3 is 14.8 Å². The number of nitrogens with zero attached hydrogens (tertiary/aromatic N) is 1. The van der Waals surface area contributed by atoms with Crippen LogP contribution in [0, 0.1) is 23.7 Å². The molecule has 9 rings (SSSR count). The Balaban J connectivity index is 1.16. The van der Waals surface area contributed by atoms with Gasteiger partial charge in [0.2, 0.25) is 11.8 Å². The highest BCUT2D eigenvalue weighted by molar-refractivity contribution is 6.32. The molecule has 6 atom stereocenters. The van der Waals surface area contributed by atoms with Crippen molar-refractivity contribution in [1.82, 2.24) is 0 Å². The van der Waals surface area contributed by atoms with Crippen molar-refractivity contribution in [1.29, 1.82) is 0 Å². The van der Waals surface area contributed by atoms with Crippen LogP contribution in [0.3, 0.4) is 0 Å². The fourth-order valence-electron chi connectivity index (χ4n) is 9.45. The maximum atomic E-state index is 15.1. The molecular weight excluding hydrogens is 665 g/mol. The molecule has 8 nitrogen and oxygen atoms in total. The number of carbonyl (C=O) groups is 4. The van der Waals surface area contributed by atoms with Crippen LogP contribution >= 0.6 is 0 Å². The molecule has 1 aromatic heterocycles. The number of fused-ring (bicyclic) bond motifs is 4. The van der Waals surface area contributed by atoms with Crippen LogP contribution in [0.15, 0.2) is 150 Å². The fraction of sp³-hybridized carbons (Fsp3) is 0.200. The van der Waals surface area contributed by atoms with Gasteiger partial charge in [0.25, 0.3) is 0 Å². The maximum Gasteiger partial charge on any atom is 0.238 e. The Kier molecular flexibility index (Phi) is 7.93. The average molecular weight is 701 g/mol. The minimum atomic E-state index is -1.39. The SMILES string of the molecule is O=C1C(c2ccccc2)=CC(=O)C2(c3ccccc3)C1CC1C(=CCC3C(=O)N(c4ccc(Nc5ccccc5)cc4)C(=O)C31)C2c1ccc(CO)o1. The number of nitrogens with one attached hydrogen (secondary N) is 1. The second kappa shape index (κ2) is 12.8. The van der Waals surface area contributed by atoms with E-state index < -0.39 is 35.0 Å². The quantitative estimate of drug-likeness (QED) is 0.133. The van der Waals surface area contributed by atoms with Crippen LogP contribution < -0.4 is 10.2 Å². The lowest BCUT2D eigenvalue weighted by molar-refractivity contribution is -0.135. The third-order valence-electron chi connectivity index (χ3n) is 11.7. The first-order valence-corrected chi connectivity index (χ1v) is 18.0. The van der Waals surface area contributed by atoms with Crippen molar-refractivity contribution >= 4 is 46.0 Å². The second-order valence-corrected chi connectivity index (χ2v) is 14.3. The molecule has 0 bridgehead atoms. The lowest BCUT2D eigenvalue weighted by Gasteiger charge is -2.54. The van der Waals surface area contributed by atoms with Crippen LogP contribution in [0.2, 0.25) is 0 Å². The largest absolute Gasteiger partial charge is 0.463 e. The number of amides is 2. The van der Waals surface area contributed by atoms with Gasteiger partial charge in [0, 0.05) is 22.9 Å². The van der Waals surface area contributed by atoms with E-state index in [9.17, 15) is 14.7 Å². The first kappa shape index (κ1) is 32.8. The zero-order valence-corrected chi connectivity index (χ0v) is 28.7. The molecule has 0 spiro atoms. The van der Waals surface area contributed by atoms with Crippen molar-refractivity contribution in [2.75, 3.05) is 10.2 Å². The monoisotopic (exact) mass is 700 g/mol. The lowest BCUT2D eigenvalue weighted by atomic mass is 9.45. The summed E-state index contributed by atoms with van der Waals surface area (Å²) in [6.07, 6.45) is 4.00. The number of carbonyl (C=O) groups excluding carboxylic acids is 4. The number of aliphatic hydroxyl groups is 1. The average Bonchev–Trinajstić information content (AvgIpc) is 3.78. The summed E-state index contributed by atoms with van der Waals surface area (Å²) < 4.78 is 6.27. The topological polar surface area (TPSA) is 117 Å². The molecule has 0 radical (unpaired) electrons. The van der Waals surface area contributed by atoms with E-state index in [1.165, 1.54) is 11.0 Å². The van der Waals surface area contributed by atoms with Gasteiger partial charge in [0.05, 0.1) is 28.9 Å². The number of Topliss-reactive ketones (excluding diaryl/α,β-unsaturated/α-hetero) is 1. The third-order valence-corrected chi connectivity index (χ3v) is 11.7. The molecule has 1 saturated heterocycles. The van der Waals surface area contributed by atoms with Gasteiger partial charge in [-0.2, -0.15) is 0 Å². The molecule has 1 aliphatic heterocycles. The number of rotatable bonds is 7. The number of furan rings is 1. The lowest BCUT2D eigenvalue weighted by Crippen LogP contribution is -2.58. The standard InChI is InChI=1S/C45H36N2O6/c48-26-32-20-23-38(53-32)41-33-21-22-34-40(44(52)47(43(34)51)31-18-16-30(17-19-31)46-29-14-8-3-9-15-29)36(33)24-37-42(50)35(27-10-4-1-5-11-27)25-39(49)45(37,41)28-12-6-2-7-13-28/h1-21,23,25,34,36-37,40-41,46,48H,22,24,26H2. The number of para-hydroxylation sites is 1. The number of anilines is 3. The number of hydrogen-bond donors (Lipinski definition) is 2. The Bertz CT molecular complexity index is 2310. The van der Waals surface area contributed by atoms with E-state index in [4.69, 9.17) is 4.42 Å². The van der Waals surface area contributed by atoms with E-state index in [0.29, 0.717) is 40.3 Å². The molecule has 4 aromatic carbocycles.